The zero-order valence-electron chi connectivity index (χ0n) is 18.2. The summed E-state index contributed by atoms with van der Waals surface area (Å²) in [5.41, 5.74) is -0.308. The molecule has 2 aromatic rings. The van der Waals surface area contributed by atoms with E-state index in [-0.39, 0.29) is 28.4 Å². The van der Waals surface area contributed by atoms with Gasteiger partial charge in [0.15, 0.2) is 23.7 Å². The van der Waals surface area contributed by atoms with Gasteiger partial charge in [-0.3, -0.25) is 4.79 Å². The average molecular weight is 496 g/mol. The summed E-state index contributed by atoms with van der Waals surface area (Å²) in [5, 5.41) is 80.4. The minimum Gasteiger partial charge on any atom is -0.508 e. The summed E-state index contributed by atoms with van der Waals surface area (Å²) in [6, 6.07) is 4.30. The fourth-order valence-electron chi connectivity index (χ4n) is 4.02. The minimum atomic E-state index is -1.85. The van der Waals surface area contributed by atoms with Gasteiger partial charge < -0.3 is 59.8 Å². The standard InChI is InChI=1S/C22H24O13/c1-32-21-9(25)2-7(3-10(21)26)20-18(30)16(28)14-11(33-20)4-8(24)5-12(14)34-22-19(31)17(29)15(27)13(6-23)35-22/h2-5,13,15,17-20,22-27,29-31H,6H2,1H3. The van der Waals surface area contributed by atoms with Crippen LogP contribution in [0, 0.1) is 0 Å². The molecule has 0 amide bonds. The number of carbonyl (C=O) groups is 1. The van der Waals surface area contributed by atoms with Gasteiger partial charge in [-0.25, -0.2) is 0 Å². The van der Waals surface area contributed by atoms with Crippen molar-refractivity contribution in [1.82, 2.24) is 0 Å². The Kier molecular flexibility index (Phi) is 6.64. The number of hydrogen-bond acceptors (Lipinski definition) is 13. The Labute approximate surface area is 197 Å². The van der Waals surface area contributed by atoms with E-state index in [1.807, 2.05) is 0 Å². The number of methoxy groups -OCH3 is 1. The van der Waals surface area contributed by atoms with Crippen LogP contribution in [0.1, 0.15) is 22.0 Å². The molecule has 7 atom stereocenters. The molecule has 2 heterocycles. The van der Waals surface area contributed by atoms with Gasteiger partial charge in [-0.2, -0.15) is 0 Å². The van der Waals surface area contributed by atoms with E-state index in [0.717, 1.165) is 24.3 Å². The highest BCUT2D eigenvalue weighted by molar-refractivity contribution is 6.05. The lowest BCUT2D eigenvalue weighted by atomic mass is 9.92. The summed E-state index contributed by atoms with van der Waals surface area (Å²) in [5.74, 6) is -3.15. The number of ketones is 1. The van der Waals surface area contributed by atoms with Crippen LogP contribution < -0.4 is 14.2 Å². The minimum absolute atomic E-state index is 0.0204. The Hall–Kier alpha value is -3.33. The van der Waals surface area contributed by atoms with Crippen molar-refractivity contribution in [2.45, 2.75) is 42.9 Å². The SMILES string of the molecule is COc1c(O)cc(C2Oc3cc(O)cc(OC4OC(CO)C(O)C(O)C4O)c3C(=O)C2O)cc1O. The highest BCUT2D eigenvalue weighted by Crippen LogP contribution is 2.45. The number of benzene rings is 2. The van der Waals surface area contributed by atoms with Crippen LogP contribution in [-0.4, -0.2) is 97.2 Å². The first-order chi connectivity index (χ1) is 16.6. The van der Waals surface area contributed by atoms with Crippen LogP contribution in [0.4, 0.5) is 0 Å². The number of carbonyl (C=O) groups excluding carboxylic acids is 1. The molecule has 1 saturated heterocycles. The molecule has 0 aromatic heterocycles. The van der Waals surface area contributed by atoms with E-state index in [1.165, 1.54) is 7.11 Å². The van der Waals surface area contributed by atoms with Crippen LogP contribution in [0.2, 0.25) is 0 Å². The summed E-state index contributed by atoms with van der Waals surface area (Å²) in [6.45, 7) is -0.715. The van der Waals surface area contributed by atoms with Crippen LogP contribution in [0.15, 0.2) is 24.3 Å². The molecule has 13 heteroatoms. The van der Waals surface area contributed by atoms with E-state index in [1.54, 1.807) is 0 Å². The number of aromatic hydroxyl groups is 3. The molecule has 190 valence electrons. The van der Waals surface area contributed by atoms with Crippen LogP contribution in [-0.2, 0) is 4.74 Å². The van der Waals surface area contributed by atoms with Crippen LogP contribution in [0.5, 0.6) is 34.5 Å². The van der Waals surface area contributed by atoms with Crippen molar-refractivity contribution in [3.05, 3.63) is 35.4 Å². The number of phenolic OH excluding ortho intramolecular Hbond substituents is 3. The predicted molar refractivity (Wildman–Crippen MR) is 113 cm³/mol. The van der Waals surface area contributed by atoms with E-state index in [9.17, 15) is 45.6 Å². The van der Waals surface area contributed by atoms with Gasteiger partial charge in [0.1, 0.15) is 47.2 Å². The van der Waals surface area contributed by atoms with Crippen molar-refractivity contribution >= 4 is 5.78 Å². The van der Waals surface area contributed by atoms with Gasteiger partial charge in [-0.15, -0.1) is 0 Å². The number of aliphatic hydroxyl groups excluding tert-OH is 5. The summed E-state index contributed by atoms with van der Waals surface area (Å²) in [7, 11) is 1.22. The molecule has 0 bridgehead atoms. The lowest BCUT2D eigenvalue weighted by molar-refractivity contribution is -0.277. The number of ether oxygens (including phenoxy) is 4. The predicted octanol–water partition coefficient (Wildman–Crippen LogP) is -1.33. The van der Waals surface area contributed by atoms with E-state index >= 15 is 0 Å². The zero-order valence-corrected chi connectivity index (χ0v) is 18.2. The average Bonchev–Trinajstić information content (AvgIpc) is 2.81. The monoisotopic (exact) mass is 496 g/mol. The van der Waals surface area contributed by atoms with Crippen LogP contribution in [0.25, 0.3) is 0 Å². The number of Topliss-reactive ketones (excluding diaryl/α,β-unsaturated/α-hetero) is 1. The highest BCUT2D eigenvalue weighted by atomic mass is 16.7. The Bertz CT molecular complexity index is 1090. The topological polar surface area (TPSA) is 216 Å². The van der Waals surface area contributed by atoms with E-state index in [0.29, 0.717) is 0 Å². The summed E-state index contributed by atoms with van der Waals surface area (Å²) < 4.78 is 21.3. The zero-order chi connectivity index (χ0) is 25.6. The molecule has 0 spiro atoms. The molecule has 2 aromatic carbocycles. The van der Waals surface area contributed by atoms with Gasteiger partial charge in [0.05, 0.1) is 13.7 Å². The molecule has 7 unspecified atom stereocenters. The smallest absolute Gasteiger partial charge is 0.229 e. The molecule has 35 heavy (non-hydrogen) atoms. The Morgan fingerprint density at radius 1 is 0.943 bits per heavy atom. The molecule has 4 rings (SSSR count). The maximum Gasteiger partial charge on any atom is 0.229 e. The van der Waals surface area contributed by atoms with Crippen molar-refractivity contribution in [2.75, 3.05) is 13.7 Å². The lowest BCUT2D eigenvalue weighted by Gasteiger charge is -2.40. The van der Waals surface area contributed by atoms with Crippen molar-refractivity contribution < 1.29 is 64.6 Å². The maximum absolute atomic E-state index is 13.1. The second-order valence-corrected chi connectivity index (χ2v) is 8.07. The Balaban J connectivity index is 1.69. The van der Waals surface area contributed by atoms with Gasteiger partial charge in [0.2, 0.25) is 17.8 Å². The highest BCUT2D eigenvalue weighted by Gasteiger charge is 2.46. The van der Waals surface area contributed by atoms with Crippen molar-refractivity contribution in [1.29, 1.82) is 0 Å². The lowest BCUT2D eigenvalue weighted by Crippen LogP contribution is -2.60. The molecule has 13 nitrogen and oxygen atoms in total. The van der Waals surface area contributed by atoms with Crippen LogP contribution in [0.3, 0.4) is 0 Å². The quantitative estimate of drug-likeness (QED) is 0.241. The molecule has 0 aliphatic carbocycles. The summed E-state index contributed by atoms with van der Waals surface area (Å²) in [4.78, 5) is 13.1. The van der Waals surface area contributed by atoms with Gasteiger partial charge in [-0.05, 0) is 12.1 Å². The molecular weight excluding hydrogens is 472 g/mol. The number of hydrogen-bond donors (Lipinski definition) is 8. The van der Waals surface area contributed by atoms with Crippen LogP contribution >= 0.6 is 0 Å². The Morgan fingerprint density at radius 3 is 2.20 bits per heavy atom. The first-order valence-corrected chi connectivity index (χ1v) is 10.4. The normalized spacial score (nSPS) is 30.3. The molecule has 8 N–H and O–H groups in total. The molecule has 0 saturated carbocycles. The second-order valence-electron chi connectivity index (χ2n) is 8.07. The number of rotatable bonds is 5. The van der Waals surface area contributed by atoms with Crippen molar-refractivity contribution in [2.24, 2.45) is 0 Å². The number of fused-ring (bicyclic) bond motifs is 1. The van der Waals surface area contributed by atoms with Gasteiger partial charge >= 0.3 is 0 Å². The fraction of sp³-hybridized carbons (Fsp3) is 0.409. The number of aliphatic hydroxyl groups is 5. The third-order valence-corrected chi connectivity index (χ3v) is 5.80. The summed E-state index contributed by atoms with van der Waals surface area (Å²) in [6.07, 6.45) is -11.4. The number of phenols is 3. The maximum atomic E-state index is 13.1. The largest absolute Gasteiger partial charge is 0.508 e. The van der Waals surface area contributed by atoms with Gasteiger partial charge in [0, 0.05) is 17.7 Å². The van der Waals surface area contributed by atoms with E-state index in [4.69, 9.17) is 18.9 Å². The third-order valence-electron chi connectivity index (χ3n) is 5.80. The molecule has 2 aliphatic rings. The molecule has 0 radical (unpaired) electrons. The van der Waals surface area contributed by atoms with Crippen molar-refractivity contribution in [3.8, 4) is 34.5 Å². The molecule has 2 aliphatic heterocycles. The van der Waals surface area contributed by atoms with Crippen molar-refractivity contribution in [3.63, 3.8) is 0 Å². The van der Waals surface area contributed by atoms with Gasteiger partial charge in [-0.1, -0.05) is 0 Å². The summed E-state index contributed by atoms with van der Waals surface area (Å²) >= 11 is 0. The van der Waals surface area contributed by atoms with E-state index < -0.39 is 72.6 Å². The Morgan fingerprint density at radius 2 is 1.60 bits per heavy atom. The fourth-order valence-corrected chi connectivity index (χ4v) is 4.02. The first kappa shape index (κ1) is 24.8. The van der Waals surface area contributed by atoms with E-state index in [2.05, 4.69) is 0 Å². The molecule has 1 fully saturated rings. The third kappa shape index (κ3) is 4.29. The second kappa shape index (κ2) is 9.37. The first-order valence-electron chi connectivity index (χ1n) is 10.4. The molecular formula is C22H24O13. The van der Waals surface area contributed by atoms with Gasteiger partial charge in [0.25, 0.3) is 0 Å².